The van der Waals surface area contributed by atoms with E-state index >= 15 is 0 Å². The zero-order valence-electron chi connectivity index (χ0n) is 14.7. The number of nitrogens with zero attached hydrogens (tertiary/aromatic N) is 4. The van der Waals surface area contributed by atoms with Crippen LogP contribution in [-0.2, 0) is 6.18 Å². The Morgan fingerprint density at radius 1 is 1.28 bits per heavy atom. The van der Waals surface area contributed by atoms with Gasteiger partial charge in [0, 0.05) is 12.7 Å². The summed E-state index contributed by atoms with van der Waals surface area (Å²) in [6.07, 6.45) is -2.08. The van der Waals surface area contributed by atoms with Gasteiger partial charge in [-0.15, -0.1) is 0 Å². The molecule has 0 saturated heterocycles. The molecule has 0 unspecified atom stereocenters. The maximum Gasteiger partial charge on any atom is 0.417 e. The summed E-state index contributed by atoms with van der Waals surface area (Å²) in [6, 6.07) is 2.64. The van der Waals surface area contributed by atoms with Crippen LogP contribution in [0.25, 0.3) is 27.6 Å². The number of aromatic nitrogens is 5. The average molecular weight is 425 g/mol. The van der Waals surface area contributed by atoms with Crippen LogP contribution < -0.4 is 10.9 Å². The van der Waals surface area contributed by atoms with E-state index in [0.717, 1.165) is 21.5 Å². The standard InChI is InChI=1S/C17H12ClF3N6O2/c1-2-22-16(29)27-14-9(7-24-27)13-10(6-23-14)15(28)26(25-13)8-3-4-12(18)11(5-8)17(19,20)21/h3-7,25H,2H2,1H3,(H,22,29). The summed E-state index contributed by atoms with van der Waals surface area (Å²) in [7, 11) is 0. The van der Waals surface area contributed by atoms with E-state index in [1.807, 2.05) is 0 Å². The lowest BCUT2D eigenvalue weighted by Gasteiger charge is -2.10. The zero-order chi connectivity index (χ0) is 20.9. The monoisotopic (exact) mass is 424 g/mol. The van der Waals surface area contributed by atoms with Gasteiger partial charge in [-0.2, -0.15) is 23.0 Å². The Morgan fingerprint density at radius 3 is 2.72 bits per heavy atom. The van der Waals surface area contributed by atoms with Gasteiger partial charge >= 0.3 is 12.2 Å². The molecule has 8 nitrogen and oxygen atoms in total. The summed E-state index contributed by atoms with van der Waals surface area (Å²) in [4.78, 5) is 28.9. The molecule has 0 spiro atoms. The molecule has 2 N–H and O–H groups in total. The normalized spacial score (nSPS) is 12.0. The molecule has 4 rings (SSSR count). The van der Waals surface area contributed by atoms with Gasteiger partial charge in [-0.25, -0.2) is 14.5 Å². The van der Waals surface area contributed by atoms with E-state index < -0.39 is 28.4 Å². The average Bonchev–Trinajstić information content (AvgIpc) is 3.23. The molecule has 150 valence electrons. The van der Waals surface area contributed by atoms with E-state index in [1.165, 1.54) is 18.5 Å². The first-order valence-electron chi connectivity index (χ1n) is 8.35. The quantitative estimate of drug-likeness (QED) is 0.516. The highest BCUT2D eigenvalue weighted by Gasteiger charge is 2.33. The molecule has 12 heteroatoms. The van der Waals surface area contributed by atoms with Crippen LogP contribution in [0.3, 0.4) is 0 Å². The number of rotatable bonds is 2. The number of hydrogen-bond acceptors (Lipinski definition) is 4. The molecule has 3 heterocycles. The van der Waals surface area contributed by atoms with Crippen molar-refractivity contribution < 1.29 is 18.0 Å². The highest BCUT2D eigenvalue weighted by molar-refractivity contribution is 6.31. The molecule has 29 heavy (non-hydrogen) atoms. The lowest BCUT2D eigenvalue weighted by molar-refractivity contribution is -0.137. The summed E-state index contributed by atoms with van der Waals surface area (Å²) in [5, 5.41) is 9.37. The van der Waals surface area contributed by atoms with Gasteiger partial charge in [0.05, 0.1) is 38.8 Å². The second-order valence-electron chi connectivity index (χ2n) is 6.09. The topological polar surface area (TPSA) is 97.6 Å². The molecular weight excluding hydrogens is 413 g/mol. The molecule has 0 bridgehead atoms. The number of pyridine rings is 1. The molecule has 0 atom stereocenters. The molecule has 0 fully saturated rings. The second-order valence-corrected chi connectivity index (χ2v) is 6.50. The number of hydrogen-bond donors (Lipinski definition) is 2. The first kappa shape index (κ1) is 19.0. The maximum absolute atomic E-state index is 13.2. The summed E-state index contributed by atoms with van der Waals surface area (Å²) >= 11 is 5.65. The summed E-state index contributed by atoms with van der Waals surface area (Å²) in [6.45, 7) is 2.13. The number of halogens is 4. The number of amides is 1. The Kier molecular flexibility index (Phi) is 4.34. The third-order valence-electron chi connectivity index (χ3n) is 4.29. The van der Waals surface area contributed by atoms with Gasteiger partial charge < -0.3 is 5.32 Å². The van der Waals surface area contributed by atoms with E-state index in [0.29, 0.717) is 17.4 Å². The highest BCUT2D eigenvalue weighted by atomic mass is 35.5. The van der Waals surface area contributed by atoms with Crippen LogP contribution in [0, 0.1) is 0 Å². The number of carbonyl (C=O) groups excluding carboxylic acids is 1. The Labute approximate surface area is 164 Å². The van der Waals surface area contributed by atoms with E-state index in [4.69, 9.17) is 11.6 Å². The fourth-order valence-corrected chi connectivity index (χ4v) is 3.19. The fourth-order valence-electron chi connectivity index (χ4n) is 2.97. The van der Waals surface area contributed by atoms with Crippen LogP contribution in [-0.4, -0.2) is 37.1 Å². The summed E-state index contributed by atoms with van der Waals surface area (Å²) < 4.78 is 41.5. The Balaban J connectivity index is 1.92. The minimum Gasteiger partial charge on any atom is -0.336 e. The number of aromatic amines is 1. The largest absolute Gasteiger partial charge is 0.417 e. The second kappa shape index (κ2) is 6.62. The van der Waals surface area contributed by atoms with Crippen LogP contribution in [0.5, 0.6) is 0 Å². The first-order chi connectivity index (χ1) is 13.7. The van der Waals surface area contributed by atoms with E-state index in [-0.39, 0.29) is 16.7 Å². The number of fused-ring (bicyclic) bond motifs is 3. The third kappa shape index (κ3) is 3.03. The molecule has 0 radical (unpaired) electrons. The van der Waals surface area contributed by atoms with Crippen molar-refractivity contribution in [2.24, 2.45) is 0 Å². The molecule has 0 aliphatic rings. The Bertz CT molecular complexity index is 1320. The van der Waals surface area contributed by atoms with Crippen molar-refractivity contribution in [1.82, 2.24) is 29.9 Å². The van der Waals surface area contributed by atoms with Gasteiger partial charge in [-0.1, -0.05) is 11.6 Å². The summed E-state index contributed by atoms with van der Waals surface area (Å²) in [5.74, 6) is 0. The number of H-pyrrole nitrogens is 1. The van der Waals surface area contributed by atoms with E-state index in [2.05, 4.69) is 20.5 Å². The number of alkyl halides is 3. The maximum atomic E-state index is 13.2. The fraction of sp³-hybridized carbons (Fsp3) is 0.176. The lowest BCUT2D eigenvalue weighted by Crippen LogP contribution is -2.29. The van der Waals surface area contributed by atoms with Crippen LogP contribution in [0.15, 0.2) is 35.4 Å². The number of benzene rings is 1. The minimum absolute atomic E-state index is 0.0489. The van der Waals surface area contributed by atoms with Gasteiger partial charge in [0.1, 0.15) is 0 Å². The Morgan fingerprint density at radius 2 is 2.03 bits per heavy atom. The van der Waals surface area contributed by atoms with Crippen LogP contribution >= 0.6 is 11.6 Å². The van der Waals surface area contributed by atoms with Gasteiger partial charge in [0.25, 0.3) is 5.56 Å². The Hall–Kier alpha value is -3.34. The first-order valence-corrected chi connectivity index (χ1v) is 8.73. The lowest BCUT2D eigenvalue weighted by atomic mass is 10.2. The van der Waals surface area contributed by atoms with Crippen molar-refractivity contribution in [3.8, 4) is 5.69 Å². The molecule has 0 aliphatic carbocycles. The molecule has 4 aromatic rings. The molecule has 1 aromatic carbocycles. The van der Waals surface area contributed by atoms with Crippen molar-refractivity contribution >= 4 is 39.6 Å². The number of carbonyl (C=O) groups is 1. The van der Waals surface area contributed by atoms with Crippen molar-refractivity contribution in [3.05, 3.63) is 51.5 Å². The molecule has 3 aromatic heterocycles. The molecule has 0 aliphatic heterocycles. The van der Waals surface area contributed by atoms with Gasteiger partial charge in [0.15, 0.2) is 5.65 Å². The van der Waals surface area contributed by atoms with Crippen LogP contribution in [0.1, 0.15) is 12.5 Å². The molecule has 1 amide bonds. The van der Waals surface area contributed by atoms with Gasteiger partial charge in [0.2, 0.25) is 0 Å². The van der Waals surface area contributed by atoms with Crippen LogP contribution in [0.4, 0.5) is 18.0 Å². The van der Waals surface area contributed by atoms with Crippen molar-refractivity contribution in [3.63, 3.8) is 0 Å². The van der Waals surface area contributed by atoms with Crippen LogP contribution in [0.2, 0.25) is 5.02 Å². The predicted octanol–water partition coefficient (Wildman–Crippen LogP) is 3.31. The minimum atomic E-state index is -4.68. The van der Waals surface area contributed by atoms with Gasteiger partial charge in [-0.05, 0) is 25.1 Å². The SMILES string of the molecule is CCNC(=O)n1ncc2c3[nH]n(-c4ccc(Cl)c(C(F)(F)F)c4)c(=O)c3cnc21. The highest BCUT2D eigenvalue weighted by Crippen LogP contribution is 2.35. The van der Waals surface area contributed by atoms with Crippen molar-refractivity contribution in [1.29, 1.82) is 0 Å². The van der Waals surface area contributed by atoms with E-state index in [1.54, 1.807) is 6.92 Å². The van der Waals surface area contributed by atoms with Crippen molar-refractivity contribution in [2.75, 3.05) is 6.54 Å². The summed E-state index contributed by atoms with van der Waals surface area (Å²) in [5.41, 5.74) is -1.22. The molecule has 0 saturated carbocycles. The zero-order valence-corrected chi connectivity index (χ0v) is 15.5. The molecular formula is C17H12ClF3N6O2. The third-order valence-corrected chi connectivity index (χ3v) is 4.62. The van der Waals surface area contributed by atoms with E-state index in [9.17, 15) is 22.8 Å². The predicted molar refractivity (Wildman–Crippen MR) is 99.5 cm³/mol. The van der Waals surface area contributed by atoms with Crippen molar-refractivity contribution in [2.45, 2.75) is 13.1 Å². The number of nitrogens with one attached hydrogen (secondary N) is 2. The smallest absolute Gasteiger partial charge is 0.336 e. The van der Waals surface area contributed by atoms with Gasteiger partial charge in [-0.3, -0.25) is 9.89 Å².